The Kier molecular flexibility index (Phi) is 8.33. The molecule has 6 heteroatoms. The van der Waals surface area contributed by atoms with Crippen molar-refractivity contribution in [3.05, 3.63) is 59.7 Å². The van der Waals surface area contributed by atoms with Crippen LogP contribution >= 0.6 is 0 Å². The monoisotopic (exact) mass is 388 g/mol. The average molecular weight is 389 g/mol. The lowest BCUT2D eigenvalue weighted by Crippen LogP contribution is -2.18. The number of hydrogen-bond donors (Lipinski definition) is 1. The summed E-state index contributed by atoms with van der Waals surface area (Å²) in [7, 11) is -3.65. The molecular weight excluding hydrogens is 360 g/mol. The summed E-state index contributed by atoms with van der Waals surface area (Å²) in [6.07, 6.45) is 7.50. The van der Waals surface area contributed by atoms with Crippen molar-refractivity contribution in [2.45, 2.75) is 50.8 Å². The highest BCUT2D eigenvalue weighted by molar-refractivity contribution is 7.89. The minimum atomic E-state index is -3.65. The zero-order valence-corrected chi connectivity index (χ0v) is 16.8. The third kappa shape index (κ3) is 7.43. The van der Waals surface area contributed by atoms with Gasteiger partial charge in [0.2, 0.25) is 0 Å². The summed E-state index contributed by atoms with van der Waals surface area (Å²) < 4.78 is 30.0. The van der Waals surface area contributed by atoms with Gasteiger partial charge in [0.05, 0.1) is 17.7 Å². The van der Waals surface area contributed by atoms with Gasteiger partial charge in [-0.3, -0.25) is 0 Å². The summed E-state index contributed by atoms with van der Waals surface area (Å²) in [6, 6.07) is 14.0. The number of hydrazone groups is 1. The van der Waals surface area contributed by atoms with Crippen molar-refractivity contribution in [2.24, 2.45) is 5.10 Å². The fraction of sp³-hybridized carbons (Fsp3) is 0.381. The number of sulfonamides is 1. The number of nitrogens with zero attached hydrogens (tertiary/aromatic N) is 1. The lowest BCUT2D eigenvalue weighted by Gasteiger charge is -2.06. The highest BCUT2D eigenvalue weighted by Gasteiger charge is 2.11. The number of nitrogens with one attached hydrogen (secondary N) is 1. The number of rotatable bonds is 11. The molecule has 146 valence electrons. The van der Waals surface area contributed by atoms with Gasteiger partial charge < -0.3 is 4.74 Å². The Labute approximate surface area is 162 Å². The van der Waals surface area contributed by atoms with E-state index in [0.717, 1.165) is 23.3 Å². The number of hydrogen-bond acceptors (Lipinski definition) is 4. The molecule has 0 fully saturated rings. The predicted molar refractivity (Wildman–Crippen MR) is 110 cm³/mol. The molecule has 2 aromatic carbocycles. The summed E-state index contributed by atoms with van der Waals surface area (Å²) in [5.74, 6) is 0.808. The minimum absolute atomic E-state index is 0.188. The van der Waals surface area contributed by atoms with Crippen molar-refractivity contribution in [2.75, 3.05) is 6.61 Å². The smallest absolute Gasteiger partial charge is 0.276 e. The molecule has 1 N–H and O–H groups in total. The zero-order valence-electron chi connectivity index (χ0n) is 16.0. The lowest BCUT2D eigenvalue weighted by molar-refractivity contribution is 0.304. The molecule has 2 rings (SSSR count). The van der Waals surface area contributed by atoms with Gasteiger partial charge in [-0.1, -0.05) is 50.3 Å². The van der Waals surface area contributed by atoms with E-state index in [9.17, 15) is 8.42 Å². The molecule has 0 radical (unpaired) electrons. The molecule has 27 heavy (non-hydrogen) atoms. The van der Waals surface area contributed by atoms with E-state index in [0.29, 0.717) is 6.61 Å². The summed E-state index contributed by atoms with van der Waals surface area (Å²) >= 11 is 0. The van der Waals surface area contributed by atoms with Crippen molar-refractivity contribution >= 4 is 16.2 Å². The molecule has 0 amide bonds. The van der Waals surface area contributed by atoms with Gasteiger partial charge in [0.25, 0.3) is 10.0 Å². The Hall–Kier alpha value is -2.34. The van der Waals surface area contributed by atoms with Gasteiger partial charge >= 0.3 is 0 Å². The van der Waals surface area contributed by atoms with Crippen LogP contribution in [0.5, 0.6) is 5.75 Å². The number of ether oxygens (including phenoxy) is 1. The van der Waals surface area contributed by atoms with Crippen molar-refractivity contribution < 1.29 is 13.2 Å². The summed E-state index contributed by atoms with van der Waals surface area (Å²) in [5.41, 5.74) is 1.79. The molecule has 0 heterocycles. The number of aryl methyl sites for hydroxylation is 1. The summed E-state index contributed by atoms with van der Waals surface area (Å²) in [6.45, 7) is 4.82. The van der Waals surface area contributed by atoms with E-state index < -0.39 is 10.0 Å². The Morgan fingerprint density at radius 3 is 2.30 bits per heavy atom. The Bertz CT molecular complexity index is 814. The van der Waals surface area contributed by atoms with Crippen LogP contribution in [0.1, 0.15) is 50.2 Å². The van der Waals surface area contributed by atoms with Crippen molar-refractivity contribution in [3.63, 3.8) is 0 Å². The predicted octanol–water partition coefficient (Wildman–Crippen LogP) is 4.66. The first-order chi connectivity index (χ1) is 13.0. The molecule has 0 aliphatic rings. The molecule has 0 spiro atoms. The van der Waals surface area contributed by atoms with E-state index in [-0.39, 0.29) is 4.90 Å². The Morgan fingerprint density at radius 2 is 1.63 bits per heavy atom. The van der Waals surface area contributed by atoms with Crippen LogP contribution in [0.3, 0.4) is 0 Å². The highest BCUT2D eigenvalue weighted by atomic mass is 32.2. The van der Waals surface area contributed by atoms with E-state index >= 15 is 0 Å². The zero-order chi connectivity index (χ0) is 19.5. The molecule has 0 aliphatic heterocycles. The van der Waals surface area contributed by atoms with E-state index in [4.69, 9.17) is 4.74 Å². The first-order valence-corrected chi connectivity index (χ1v) is 10.8. The van der Waals surface area contributed by atoms with Gasteiger partial charge in [-0.15, -0.1) is 0 Å². The molecule has 0 atom stereocenters. The fourth-order valence-corrected chi connectivity index (χ4v) is 3.28. The van der Waals surface area contributed by atoms with Gasteiger partial charge in [-0.05, 0) is 55.3 Å². The van der Waals surface area contributed by atoms with Gasteiger partial charge in [-0.25, -0.2) is 4.83 Å². The third-order valence-electron chi connectivity index (χ3n) is 4.11. The minimum Gasteiger partial charge on any atom is -0.494 e. The van der Waals surface area contributed by atoms with Crippen LogP contribution < -0.4 is 9.57 Å². The highest BCUT2D eigenvalue weighted by Crippen LogP contribution is 2.13. The molecule has 0 bridgehead atoms. The lowest BCUT2D eigenvalue weighted by atomic mass is 10.2. The second-order valence-electron chi connectivity index (χ2n) is 6.50. The van der Waals surface area contributed by atoms with Gasteiger partial charge in [0.1, 0.15) is 5.75 Å². The Morgan fingerprint density at radius 1 is 0.963 bits per heavy atom. The second-order valence-corrected chi connectivity index (χ2v) is 8.16. The van der Waals surface area contributed by atoms with Crippen molar-refractivity contribution in [3.8, 4) is 5.75 Å². The maximum Gasteiger partial charge on any atom is 0.276 e. The van der Waals surface area contributed by atoms with Crippen molar-refractivity contribution in [1.29, 1.82) is 0 Å². The molecule has 2 aromatic rings. The molecule has 5 nitrogen and oxygen atoms in total. The molecule has 0 unspecified atom stereocenters. The summed E-state index contributed by atoms with van der Waals surface area (Å²) in [5, 5.41) is 3.84. The van der Waals surface area contributed by atoms with Gasteiger partial charge in [0.15, 0.2) is 0 Å². The van der Waals surface area contributed by atoms with E-state index in [1.165, 1.54) is 31.9 Å². The van der Waals surface area contributed by atoms with Crippen LogP contribution in [0.25, 0.3) is 0 Å². The molecule has 0 saturated carbocycles. The van der Waals surface area contributed by atoms with Gasteiger partial charge in [-0.2, -0.15) is 13.5 Å². The molecule has 0 aromatic heterocycles. The first-order valence-electron chi connectivity index (χ1n) is 9.35. The SMILES string of the molecule is CCCCCCCOc1ccc(/C=N/NS(=O)(=O)c2ccc(C)cc2)cc1. The van der Waals surface area contributed by atoms with E-state index in [1.807, 2.05) is 31.2 Å². The van der Waals surface area contributed by atoms with E-state index in [1.54, 1.807) is 24.3 Å². The van der Waals surface area contributed by atoms with Crippen molar-refractivity contribution in [1.82, 2.24) is 4.83 Å². The largest absolute Gasteiger partial charge is 0.494 e. The first kappa shape index (κ1) is 21.0. The number of benzene rings is 2. The second kappa shape index (κ2) is 10.7. The fourth-order valence-electron chi connectivity index (χ4n) is 2.49. The standard InChI is InChI=1S/C21H28N2O3S/c1-3-4-5-6-7-16-26-20-12-10-19(11-13-20)17-22-23-27(24,25)21-14-8-18(2)9-15-21/h8-15,17,23H,3-7,16H2,1-2H3/b22-17+. The maximum absolute atomic E-state index is 12.2. The topological polar surface area (TPSA) is 67.8 Å². The van der Waals surface area contributed by atoms with Gasteiger partial charge in [0, 0.05) is 0 Å². The Balaban J connectivity index is 1.80. The average Bonchev–Trinajstić information content (AvgIpc) is 2.66. The van der Waals surface area contributed by atoms with Crippen LogP contribution in [0, 0.1) is 6.92 Å². The van der Waals surface area contributed by atoms with Crippen LogP contribution in [0.4, 0.5) is 0 Å². The third-order valence-corrected chi connectivity index (χ3v) is 5.35. The quantitative estimate of drug-likeness (QED) is 0.346. The normalized spacial score (nSPS) is 11.6. The molecule has 0 saturated heterocycles. The molecule has 0 aliphatic carbocycles. The van der Waals surface area contributed by atoms with Crippen LogP contribution in [-0.2, 0) is 10.0 Å². The van der Waals surface area contributed by atoms with Crippen LogP contribution in [0.2, 0.25) is 0 Å². The van der Waals surface area contributed by atoms with Crippen LogP contribution in [0.15, 0.2) is 58.5 Å². The van der Waals surface area contributed by atoms with E-state index in [2.05, 4.69) is 16.9 Å². The summed E-state index contributed by atoms with van der Waals surface area (Å²) in [4.78, 5) is 2.41. The maximum atomic E-state index is 12.2. The number of unbranched alkanes of at least 4 members (excludes halogenated alkanes) is 4. The van der Waals surface area contributed by atoms with Crippen LogP contribution in [-0.4, -0.2) is 21.2 Å². The molecular formula is C21H28N2O3S.